The molecule has 0 N–H and O–H groups in total. The molecule has 0 saturated heterocycles. The van der Waals surface area contributed by atoms with Crippen LogP contribution in [0.5, 0.6) is 0 Å². The zero-order chi connectivity index (χ0) is 22.2. The number of thioether (sulfide) groups is 1. The molecule has 3 nitrogen and oxygen atoms in total. The van der Waals surface area contributed by atoms with Crippen molar-refractivity contribution < 1.29 is 22.0 Å². The van der Waals surface area contributed by atoms with Crippen molar-refractivity contribution in [1.29, 1.82) is 0 Å². The summed E-state index contributed by atoms with van der Waals surface area (Å²) in [7, 11) is 0. The SMILES string of the molecule is C/C=C/c1cc(C)cc2oc3cc(CCSc4ccc(C(F)(F)F)cc4)oc(=O)c3c12. The third-order valence-electron chi connectivity index (χ3n) is 4.86. The average Bonchev–Trinajstić information content (AvgIpc) is 3.06. The van der Waals surface area contributed by atoms with Gasteiger partial charge >= 0.3 is 11.8 Å². The first-order chi connectivity index (χ1) is 14.8. The molecule has 0 spiro atoms. The van der Waals surface area contributed by atoms with Gasteiger partial charge in [0.2, 0.25) is 0 Å². The number of fused-ring (bicyclic) bond motifs is 3. The molecule has 31 heavy (non-hydrogen) atoms. The lowest BCUT2D eigenvalue weighted by Crippen LogP contribution is -2.04. The molecule has 2 heterocycles. The number of alkyl halides is 3. The number of benzene rings is 2. The van der Waals surface area contributed by atoms with Gasteiger partial charge in [-0.15, -0.1) is 11.8 Å². The lowest BCUT2D eigenvalue weighted by molar-refractivity contribution is -0.137. The van der Waals surface area contributed by atoms with Crippen LogP contribution in [0.1, 0.15) is 29.4 Å². The summed E-state index contributed by atoms with van der Waals surface area (Å²) in [6.07, 6.45) is -0.0750. The number of furan rings is 1. The van der Waals surface area contributed by atoms with Crippen LogP contribution in [0.25, 0.3) is 28.0 Å². The summed E-state index contributed by atoms with van der Waals surface area (Å²) in [5.74, 6) is 1.02. The van der Waals surface area contributed by atoms with Gasteiger partial charge in [-0.25, -0.2) is 4.79 Å². The molecular weight excluding hydrogens is 425 g/mol. The Balaban J connectivity index is 1.57. The van der Waals surface area contributed by atoms with E-state index >= 15 is 0 Å². The smallest absolute Gasteiger partial charge is 0.416 e. The Bertz CT molecular complexity index is 1330. The van der Waals surface area contributed by atoms with Gasteiger partial charge in [0.05, 0.1) is 5.56 Å². The Kier molecular flexibility index (Phi) is 5.71. The largest absolute Gasteiger partial charge is 0.456 e. The van der Waals surface area contributed by atoms with Crippen LogP contribution >= 0.6 is 11.8 Å². The van der Waals surface area contributed by atoms with Crippen molar-refractivity contribution in [2.24, 2.45) is 0 Å². The Morgan fingerprint density at radius 3 is 2.39 bits per heavy atom. The molecule has 0 bridgehead atoms. The molecule has 0 fully saturated rings. The van der Waals surface area contributed by atoms with Gasteiger partial charge in [-0.1, -0.05) is 18.2 Å². The summed E-state index contributed by atoms with van der Waals surface area (Å²) in [4.78, 5) is 13.4. The molecule has 4 aromatic rings. The molecule has 160 valence electrons. The van der Waals surface area contributed by atoms with Crippen LogP contribution in [0, 0.1) is 6.92 Å². The van der Waals surface area contributed by atoms with E-state index in [0.717, 1.165) is 28.6 Å². The number of allylic oxidation sites excluding steroid dienone is 1. The Morgan fingerprint density at radius 1 is 1.00 bits per heavy atom. The van der Waals surface area contributed by atoms with E-state index in [4.69, 9.17) is 8.83 Å². The first-order valence-electron chi connectivity index (χ1n) is 9.69. The second-order valence-corrected chi connectivity index (χ2v) is 8.36. The molecule has 7 heteroatoms. The van der Waals surface area contributed by atoms with Crippen molar-refractivity contribution in [2.45, 2.75) is 31.3 Å². The quantitative estimate of drug-likeness (QED) is 0.305. The fraction of sp³-hybridized carbons (Fsp3) is 0.208. The highest BCUT2D eigenvalue weighted by molar-refractivity contribution is 7.99. The first kappa shape index (κ1) is 21.3. The highest BCUT2D eigenvalue weighted by atomic mass is 32.2. The van der Waals surface area contributed by atoms with Gasteiger partial charge in [-0.05, 0) is 55.3 Å². The third kappa shape index (κ3) is 4.42. The van der Waals surface area contributed by atoms with E-state index in [9.17, 15) is 18.0 Å². The molecule has 2 aromatic carbocycles. The molecule has 2 aromatic heterocycles. The second-order valence-electron chi connectivity index (χ2n) is 7.19. The van der Waals surface area contributed by atoms with E-state index in [2.05, 4.69) is 0 Å². The summed E-state index contributed by atoms with van der Waals surface area (Å²) >= 11 is 1.39. The van der Waals surface area contributed by atoms with E-state index < -0.39 is 17.4 Å². The number of rotatable bonds is 5. The van der Waals surface area contributed by atoms with E-state index in [1.807, 2.05) is 38.1 Å². The minimum atomic E-state index is -4.35. The van der Waals surface area contributed by atoms with E-state index in [0.29, 0.717) is 39.4 Å². The van der Waals surface area contributed by atoms with Crippen LogP contribution in [0.2, 0.25) is 0 Å². The third-order valence-corrected chi connectivity index (χ3v) is 5.87. The Labute approximate surface area is 180 Å². The summed E-state index contributed by atoms with van der Waals surface area (Å²) in [6.45, 7) is 3.87. The van der Waals surface area contributed by atoms with Crippen molar-refractivity contribution in [1.82, 2.24) is 0 Å². The number of hydrogen-bond donors (Lipinski definition) is 0. The lowest BCUT2D eigenvalue weighted by Gasteiger charge is -2.07. The van der Waals surface area contributed by atoms with Gasteiger partial charge in [-0.2, -0.15) is 13.2 Å². The molecule has 0 unspecified atom stereocenters. The molecule has 0 radical (unpaired) electrons. The number of aryl methyl sites for hydroxylation is 2. The standard InChI is InChI=1S/C24H19F3O3S/c1-3-4-15-11-14(2)12-19-21(15)22-20(30-19)13-17(29-23(22)28)9-10-31-18-7-5-16(6-8-18)24(25,26)27/h3-8,11-13H,9-10H2,1-2H3/b4-3+. The van der Waals surface area contributed by atoms with E-state index in [-0.39, 0.29) is 0 Å². The minimum Gasteiger partial charge on any atom is -0.456 e. The van der Waals surface area contributed by atoms with Crippen molar-refractivity contribution in [3.63, 3.8) is 0 Å². The van der Waals surface area contributed by atoms with Gasteiger partial charge in [0.25, 0.3) is 0 Å². The van der Waals surface area contributed by atoms with Crippen molar-refractivity contribution >= 4 is 39.8 Å². The summed E-state index contributed by atoms with van der Waals surface area (Å²) < 4.78 is 49.5. The predicted octanol–water partition coefficient (Wildman–Crippen LogP) is 7.23. The van der Waals surface area contributed by atoms with Crippen LogP contribution in [0.4, 0.5) is 13.2 Å². The maximum absolute atomic E-state index is 12.7. The van der Waals surface area contributed by atoms with Crippen LogP contribution < -0.4 is 5.63 Å². The summed E-state index contributed by atoms with van der Waals surface area (Å²) in [6, 6.07) is 10.6. The van der Waals surface area contributed by atoms with Gasteiger partial charge in [0.1, 0.15) is 22.3 Å². The lowest BCUT2D eigenvalue weighted by atomic mass is 10.0. The molecule has 0 aliphatic heterocycles. The van der Waals surface area contributed by atoms with Crippen molar-refractivity contribution in [3.8, 4) is 0 Å². The highest BCUT2D eigenvalue weighted by Crippen LogP contribution is 2.33. The Morgan fingerprint density at radius 2 is 1.71 bits per heavy atom. The molecule has 0 atom stereocenters. The zero-order valence-electron chi connectivity index (χ0n) is 16.9. The topological polar surface area (TPSA) is 43.4 Å². The maximum Gasteiger partial charge on any atom is 0.416 e. The van der Waals surface area contributed by atoms with Crippen LogP contribution in [0.15, 0.2) is 67.1 Å². The first-order valence-corrected chi connectivity index (χ1v) is 10.7. The zero-order valence-corrected chi connectivity index (χ0v) is 17.7. The summed E-state index contributed by atoms with van der Waals surface area (Å²) in [5.41, 5.74) is 1.89. The maximum atomic E-state index is 12.7. The van der Waals surface area contributed by atoms with Gasteiger partial charge < -0.3 is 8.83 Å². The molecule has 4 rings (SSSR count). The molecule has 0 saturated carbocycles. The van der Waals surface area contributed by atoms with E-state index in [1.54, 1.807) is 6.07 Å². The molecule has 0 aliphatic carbocycles. The number of halogens is 3. The monoisotopic (exact) mass is 444 g/mol. The molecule has 0 aliphatic rings. The second kappa shape index (κ2) is 8.30. The van der Waals surface area contributed by atoms with Crippen molar-refractivity contribution in [3.05, 3.63) is 81.4 Å². The van der Waals surface area contributed by atoms with Crippen LogP contribution in [-0.4, -0.2) is 5.75 Å². The summed E-state index contributed by atoms with van der Waals surface area (Å²) in [5, 5.41) is 1.15. The van der Waals surface area contributed by atoms with Gasteiger partial charge in [0.15, 0.2) is 0 Å². The van der Waals surface area contributed by atoms with Gasteiger partial charge in [-0.3, -0.25) is 0 Å². The molecule has 0 amide bonds. The van der Waals surface area contributed by atoms with Gasteiger partial charge in [0, 0.05) is 28.5 Å². The number of hydrogen-bond acceptors (Lipinski definition) is 4. The predicted molar refractivity (Wildman–Crippen MR) is 118 cm³/mol. The fourth-order valence-electron chi connectivity index (χ4n) is 3.51. The van der Waals surface area contributed by atoms with Crippen LogP contribution in [-0.2, 0) is 12.6 Å². The highest BCUT2D eigenvalue weighted by Gasteiger charge is 2.29. The average molecular weight is 444 g/mol. The fourth-order valence-corrected chi connectivity index (χ4v) is 4.38. The van der Waals surface area contributed by atoms with Crippen LogP contribution in [0.3, 0.4) is 0 Å². The normalized spacial score (nSPS) is 12.4. The molecular formula is C24H19F3O3S. The Hall–Kier alpha value is -2.93. The van der Waals surface area contributed by atoms with E-state index in [1.165, 1.54) is 23.9 Å². The minimum absolute atomic E-state index is 0.419. The van der Waals surface area contributed by atoms with Crippen molar-refractivity contribution in [2.75, 3.05) is 5.75 Å².